The zero-order valence-corrected chi connectivity index (χ0v) is 16.4. The van der Waals surface area contributed by atoms with Crippen molar-refractivity contribution in [2.75, 3.05) is 14.1 Å². The first kappa shape index (κ1) is 18.1. The van der Waals surface area contributed by atoms with Gasteiger partial charge in [0.05, 0.1) is 0 Å². The Morgan fingerprint density at radius 1 is 1.00 bits per heavy atom. The minimum absolute atomic E-state index is 0.516. The molecular formula is C23H32N2. The average Bonchev–Trinajstić information content (AvgIpc) is 2.88. The van der Waals surface area contributed by atoms with E-state index in [1.165, 1.54) is 42.2 Å². The molecular weight excluding hydrogens is 304 g/mol. The first-order valence-corrected chi connectivity index (χ1v) is 9.56. The van der Waals surface area contributed by atoms with Gasteiger partial charge < -0.3 is 10.3 Å². The van der Waals surface area contributed by atoms with Crippen LogP contribution in [0, 0.1) is 11.3 Å². The summed E-state index contributed by atoms with van der Waals surface area (Å²) in [6.45, 7) is 6.89. The van der Waals surface area contributed by atoms with Crippen LogP contribution < -0.4 is 0 Å². The predicted molar refractivity (Wildman–Crippen MR) is 108 cm³/mol. The quantitative estimate of drug-likeness (QED) is 0.717. The lowest BCUT2D eigenvalue weighted by Crippen LogP contribution is -2.37. The summed E-state index contributed by atoms with van der Waals surface area (Å²) in [7, 11) is 4.42. The fourth-order valence-electron chi connectivity index (χ4n) is 4.88. The van der Waals surface area contributed by atoms with Crippen molar-refractivity contribution in [3.63, 3.8) is 0 Å². The van der Waals surface area contributed by atoms with Gasteiger partial charge in [0.25, 0.3) is 0 Å². The molecule has 0 aliphatic heterocycles. The number of rotatable bonds is 4. The Labute approximate surface area is 153 Å². The normalized spacial score (nSPS) is 27.4. The molecule has 1 fully saturated rings. The van der Waals surface area contributed by atoms with Crippen molar-refractivity contribution < 1.29 is 0 Å². The Morgan fingerprint density at radius 2 is 1.72 bits per heavy atom. The van der Waals surface area contributed by atoms with E-state index >= 15 is 0 Å². The van der Waals surface area contributed by atoms with Crippen LogP contribution in [0.1, 0.15) is 63.5 Å². The van der Waals surface area contributed by atoms with Crippen LogP contribution in [-0.4, -0.2) is 31.3 Å². The number of allylic oxidation sites excluding steroid dienone is 4. The molecule has 2 heteroatoms. The lowest BCUT2D eigenvalue weighted by molar-refractivity contribution is 0.184. The van der Waals surface area contributed by atoms with Gasteiger partial charge in [-0.3, -0.25) is 0 Å². The van der Waals surface area contributed by atoms with E-state index in [2.05, 4.69) is 64.0 Å². The maximum atomic E-state index is 7.86. The van der Waals surface area contributed by atoms with Gasteiger partial charge in [0, 0.05) is 12.3 Å². The Balaban J connectivity index is 2.01. The van der Waals surface area contributed by atoms with E-state index < -0.39 is 0 Å². The summed E-state index contributed by atoms with van der Waals surface area (Å²) in [5.41, 5.74) is 8.70. The predicted octanol–water partition coefficient (Wildman–Crippen LogP) is 5.55. The first-order valence-electron chi connectivity index (χ1n) is 9.56. The molecule has 1 aromatic rings. The second-order valence-corrected chi connectivity index (χ2v) is 8.15. The van der Waals surface area contributed by atoms with Crippen LogP contribution in [0.15, 0.2) is 46.6 Å². The second-order valence-electron chi connectivity index (χ2n) is 8.15. The summed E-state index contributed by atoms with van der Waals surface area (Å²) in [5, 5.41) is 7.86. The van der Waals surface area contributed by atoms with Crippen LogP contribution in [0.3, 0.4) is 0 Å². The molecule has 0 heterocycles. The van der Waals surface area contributed by atoms with Crippen molar-refractivity contribution in [1.29, 1.82) is 5.41 Å². The maximum absolute atomic E-state index is 7.86. The van der Waals surface area contributed by atoms with Crippen molar-refractivity contribution in [1.82, 2.24) is 4.90 Å². The minimum Gasteiger partial charge on any atom is -0.308 e. The van der Waals surface area contributed by atoms with Gasteiger partial charge in [-0.15, -0.1) is 0 Å². The van der Waals surface area contributed by atoms with Gasteiger partial charge in [0.2, 0.25) is 0 Å². The highest BCUT2D eigenvalue weighted by Crippen LogP contribution is 2.48. The van der Waals surface area contributed by atoms with Crippen molar-refractivity contribution in [2.24, 2.45) is 5.92 Å². The minimum atomic E-state index is 0.516. The van der Waals surface area contributed by atoms with Gasteiger partial charge in [0.15, 0.2) is 0 Å². The molecule has 0 radical (unpaired) electrons. The molecule has 25 heavy (non-hydrogen) atoms. The number of hydrogen-bond acceptors (Lipinski definition) is 2. The zero-order chi connectivity index (χ0) is 18.1. The molecule has 1 N–H and O–H groups in total. The summed E-state index contributed by atoms with van der Waals surface area (Å²) >= 11 is 0. The van der Waals surface area contributed by atoms with E-state index in [-0.39, 0.29) is 0 Å². The van der Waals surface area contributed by atoms with Gasteiger partial charge in [0.1, 0.15) is 0 Å². The monoisotopic (exact) mass is 336 g/mol. The van der Waals surface area contributed by atoms with E-state index in [1.54, 1.807) is 11.1 Å². The molecule has 134 valence electrons. The van der Waals surface area contributed by atoms with Crippen molar-refractivity contribution in [2.45, 2.75) is 58.4 Å². The summed E-state index contributed by atoms with van der Waals surface area (Å²) < 4.78 is 0. The largest absolute Gasteiger partial charge is 0.308 e. The highest BCUT2D eigenvalue weighted by atomic mass is 15.1. The van der Waals surface area contributed by atoms with Crippen molar-refractivity contribution in [3.8, 4) is 0 Å². The molecule has 0 spiro atoms. The third-order valence-corrected chi connectivity index (χ3v) is 6.69. The van der Waals surface area contributed by atoms with E-state index in [0.29, 0.717) is 17.9 Å². The van der Waals surface area contributed by atoms with Crippen LogP contribution in [0.2, 0.25) is 0 Å². The summed E-state index contributed by atoms with van der Waals surface area (Å²) in [5.74, 6) is 1.13. The molecule has 3 unspecified atom stereocenters. The topological polar surface area (TPSA) is 27.1 Å². The van der Waals surface area contributed by atoms with E-state index in [1.807, 2.05) is 0 Å². The van der Waals surface area contributed by atoms with Crippen LogP contribution in [0.4, 0.5) is 0 Å². The van der Waals surface area contributed by atoms with Crippen LogP contribution in [0.25, 0.3) is 0 Å². The van der Waals surface area contributed by atoms with Crippen molar-refractivity contribution >= 4 is 6.21 Å². The SMILES string of the molecule is CC1=C(C)C(C)=C(C2CCC(N(C)C)CC2c2ccccc2C=N)C1. The molecule has 2 aliphatic carbocycles. The summed E-state index contributed by atoms with van der Waals surface area (Å²) in [6.07, 6.45) is 6.41. The average molecular weight is 337 g/mol. The molecule has 2 nitrogen and oxygen atoms in total. The summed E-state index contributed by atoms with van der Waals surface area (Å²) in [6, 6.07) is 9.19. The first-order chi connectivity index (χ1) is 11.9. The van der Waals surface area contributed by atoms with Gasteiger partial charge in [-0.2, -0.15) is 0 Å². The fraction of sp³-hybridized carbons (Fsp3) is 0.522. The van der Waals surface area contributed by atoms with Gasteiger partial charge >= 0.3 is 0 Å². The molecule has 0 saturated heterocycles. The standard InChI is InChI=1S/C23H32N2/c1-15-12-22(17(3)16(15)2)21-11-10-19(25(4)5)13-23(21)20-9-7-6-8-18(20)14-24/h6-9,14,19,21,23-24H,10-13H2,1-5H3. The highest BCUT2D eigenvalue weighted by Gasteiger charge is 2.37. The smallest absolute Gasteiger partial charge is 0.0253 e. The summed E-state index contributed by atoms with van der Waals surface area (Å²) in [4.78, 5) is 2.39. The maximum Gasteiger partial charge on any atom is 0.0253 e. The fourth-order valence-corrected chi connectivity index (χ4v) is 4.88. The van der Waals surface area contributed by atoms with E-state index in [4.69, 9.17) is 5.41 Å². The van der Waals surface area contributed by atoms with E-state index in [0.717, 1.165) is 12.0 Å². The third kappa shape index (κ3) is 3.37. The van der Waals surface area contributed by atoms with Crippen LogP contribution in [0.5, 0.6) is 0 Å². The Bertz CT molecular complexity index is 723. The van der Waals surface area contributed by atoms with Crippen LogP contribution >= 0.6 is 0 Å². The van der Waals surface area contributed by atoms with Crippen LogP contribution in [-0.2, 0) is 0 Å². The third-order valence-electron chi connectivity index (χ3n) is 6.69. The Kier molecular flexibility index (Phi) is 5.29. The number of hydrogen-bond donors (Lipinski definition) is 1. The molecule has 1 saturated carbocycles. The zero-order valence-electron chi connectivity index (χ0n) is 16.4. The lowest BCUT2D eigenvalue weighted by Gasteiger charge is -2.41. The Morgan fingerprint density at radius 3 is 2.32 bits per heavy atom. The number of benzene rings is 1. The lowest BCUT2D eigenvalue weighted by atomic mass is 9.68. The highest BCUT2D eigenvalue weighted by molar-refractivity contribution is 5.79. The molecule has 0 aromatic heterocycles. The molecule has 1 aromatic carbocycles. The molecule has 0 bridgehead atoms. The van der Waals surface area contributed by atoms with Gasteiger partial charge in [-0.1, -0.05) is 35.4 Å². The second kappa shape index (κ2) is 7.29. The number of nitrogens with zero attached hydrogens (tertiary/aromatic N) is 1. The van der Waals surface area contributed by atoms with Gasteiger partial charge in [-0.05, 0) is 94.7 Å². The number of nitrogens with one attached hydrogen (secondary N) is 1. The molecule has 0 amide bonds. The van der Waals surface area contributed by atoms with Gasteiger partial charge in [-0.25, -0.2) is 0 Å². The molecule has 2 aliphatic rings. The van der Waals surface area contributed by atoms with Crippen molar-refractivity contribution in [3.05, 3.63) is 57.7 Å². The molecule has 3 rings (SSSR count). The Hall–Kier alpha value is -1.67. The molecule has 3 atom stereocenters. The van der Waals surface area contributed by atoms with E-state index in [9.17, 15) is 0 Å².